The zero-order chi connectivity index (χ0) is 17.5. The molecule has 1 heterocycles. The van der Waals surface area contributed by atoms with Gasteiger partial charge >= 0.3 is 6.18 Å². The van der Waals surface area contributed by atoms with Crippen LogP contribution in [0.2, 0.25) is 0 Å². The lowest BCUT2D eigenvalue weighted by Gasteiger charge is -2.29. The van der Waals surface area contributed by atoms with E-state index >= 15 is 0 Å². The number of hydrogen-bond donors (Lipinski definition) is 1. The minimum absolute atomic E-state index is 0.00830. The topological polar surface area (TPSA) is 75.5 Å². The van der Waals surface area contributed by atoms with Crippen molar-refractivity contribution in [2.24, 2.45) is 0 Å². The zero-order valence-electron chi connectivity index (χ0n) is 12.2. The molecule has 9 heteroatoms. The van der Waals surface area contributed by atoms with Crippen molar-refractivity contribution in [3.8, 4) is 0 Å². The number of halogens is 3. The summed E-state index contributed by atoms with van der Waals surface area (Å²) in [6.45, 7) is -0.0595. The predicted molar refractivity (Wildman–Crippen MR) is 78.9 cm³/mol. The third-order valence-electron chi connectivity index (χ3n) is 3.84. The van der Waals surface area contributed by atoms with Gasteiger partial charge in [0.15, 0.2) is 0 Å². The standard InChI is InChI=1S/C15H12F3N3O3/c16-15(17,18)14(20-6-5-13(22)19-20)10-2-1-9-3-4-12(21(23)24)8-11(9)7-10/h1-4,7-8,14H,5-6H2,(H,19,22)/t14-/m0/s1. The number of nitro groups is 1. The number of rotatable bonds is 3. The van der Waals surface area contributed by atoms with Gasteiger partial charge in [-0.3, -0.25) is 20.3 Å². The van der Waals surface area contributed by atoms with Gasteiger partial charge in [0, 0.05) is 25.1 Å². The number of hydrazine groups is 1. The Hall–Kier alpha value is -2.68. The number of fused-ring (bicyclic) bond motifs is 1. The molecule has 0 spiro atoms. The molecule has 0 saturated carbocycles. The second-order valence-electron chi connectivity index (χ2n) is 5.47. The molecule has 1 saturated heterocycles. The monoisotopic (exact) mass is 339 g/mol. The van der Waals surface area contributed by atoms with Gasteiger partial charge < -0.3 is 0 Å². The maximum Gasteiger partial charge on any atom is 0.409 e. The molecule has 3 rings (SSSR count). The minimum atomic E-state index is -4.61. The maximum atomic E-state index is 13.5. The molecule has 1 aliphatic rings. The Labute approximate surface area is 134 Å². The van der Waals surface area contributed by atoms with E-state index in [1.54, 1.807) is 0 Å². The Morgan fingerprint density at radius 3 is 2.46 bits per heavy atom. The number of carbonyl (C=O) groups excluding carboxylic acids is 1. The first-order valence-corrected chi connectivity index (χ1v) is 7.06. The van der Waals surface area contributed by atoms with Crippen LogP contribution >= 0.6 is 0 Å². The van der Waals surface area contributed by atoms with Gasteiger partial charge in [-0.25, -0.2) is 5.01 Å². The molecule has 1 fully saturated rings. The fourth-order valence-corrected chi connectivity index (χ4v) is 2.77. The van der Waals surface area contributed by atoms with E-state index in [4.69, 9.17) is 0 Å². The van der Waals surface area contributed by atoms with Crippen molar-refractivity contribution in [2.45, 2.75) is 18.6 Å². The Morgan fingerprint density at radius 1 is 1.17 bits per heavy atom. The van der Waals surface area contributed by atoms with Gasteiger partial charge in [-0.15, -0.1) is 0 Å². The van der Waals surface area contributed by atoms with Crippen LogP contribution in [0.4, 0.5) is 18.9 Å². The fourth-order valence-electron chi connectivity index (χ4n) is 2.77. The molecule has 2 aromatic rings. The summed E-state index contributed by atoms with van der Waals surface area (Å²) < 4.78 is 40.5. The average Bonchev–Trinajstić information content (AvgIpc) is 2.91. The lowest BCUT2D eigenvalue weighted by Crippen LogP contribution is -2.43. The van der Waals surface area contributed by atoms with E-state index in [9.17, 15) is 28.1 Å². The van der Waals surface area contributed by atoms with Crippen LogP contribution in [0, 0.1) is 10.1 Å². The minimum Gasteiger partial charge on any atom is -0.288 e. The second-order valence-corrected chi connectivity index (χ2v) is 5.47. The number of nitrogens with zero attached hydrogens (tertiary/aromatic N) is 2. The van der Waals surface area contributed by atoms with Crippen molar-refractivity contribution in [3.63, 3.8) is 0 Å². The molecule has 0 radical (unpaired) electrons. The lowest BCUT2D eigenvalue weighted by molar-refractivity contribution is -0.384. The van der Waals surface area contributed by atoms with Crippen molar-refractivity contribution in [1.82, 2.24) is 10.4 Å². The van der Waals surface area contributed by atoms with Gasteiger partial charge in [0.25, 0.3) is 5.69 Å². The average molecular weight is 339 g/mol. The summed E-state index contributed by atoms with van der Waals surface area (Å²) in [7, 11) is 0. The number of benzene rings is 2. The molecule has 1 amide bonds. The van der Waals surface area contributed by atoms with E-state index in [0.717, 1.165) is 5.01 Å². The Bertz CT molecular complexity index is 822. The van der Waals surface area contributed by atoms with Gasteiger partial charge in [-0.05, 0) is 28.5 Å². The number of nitro benzene ring substituents is 1. The van der Waals surface area contributed by atoms with Crippen LogP contribution in [0.3, 0.4) is 0 Å². The zero-order valence-corrected chi connectivity index (χ0v) is 12.2. The molecule has 0 unspecified atom stereocenters. The quantitative estimate of drug-likeness (QED) is 0.689. The van der Waals surface area contributed by atoms with Gasteiger partial charge in [0.2, 0.25) is 5.91 Å². The van der Waals surface area contributed by atoms with Crippen LogP contribution in [-0.2, 0) is 4.79 Å². The van der Waals surface area contributed by atoms with E-state index in [0.29, 0.717) is 10.8 Å². The van der Waals surface area contributed by atoms with Crippen LogP contribution in [0.5, 0.6) is 0 Å². The summed E-state index contributed by atoms with van der Waals surface area (Å²) in [6.07, 6.45) is -4.61. The third-order valence-corrected chi connectivity index (χ3v) is 3.84. The molecule has 0 bridgehead atoms. The smallest absolute Gasteiger partial charge is 0.288 e. The highest BCUT2D eigenvalue weighted by molar-refractivity contribution is 5.85. The first-order valence-electron chi connectivity index (χ1n) is 7.06. The molecule has 1 N–H and O–H groups in total. The van der Waals surface area contributed by atoms with E-state index in [2.05, 4.69) is 5.43 Å². The highest BCUT2D eigenvalue weighted by Gasteiger charge is 2.46. The largest absolute Gasteiger partial charge is 0.409 e. The van der Waals surface area contributed by atoms with Crippen molar-refractivity contribution < 1.29 is 22.9 Å². The third kappa shape index (κ3) is 3.02. The highest BCUT2D eigenvalue weighted by atomic mass is 19.4. The van der Waals surface area contributed by atoms with Crippen molar-refractivity contribution in [3.05, 3.63) is 52.1 Å². The maximum absolute atomic E-state index is 13.5. The molecule has 0 aliphatic carbocycles. The van der Waals surface area contributed by atoms with E-state index < -0.39 is 23.0 Å². The Morgan fingerprint density at radius 2 is 1.88 bits per heavy atom. The van der Waals surface area contributed by atoms with Gasteiger partial charge in [0.1, 0.15) is 6.04 Å². The van der Waals surface area contributed by atoms with Crippen LogP contribution < -0.4 is 5.43 Å². The van der Waals surface area contributed by atoms with E-state index in [-0.39, 0.29) is 24.2 Å². The molecule has 6 nitrogen and oxygen atoms in total. The van der Waals surface area contributed by atoms with Crippen molar-refractivity contribution >= 4 is 22.4 Å². The Balaban J connectivity index is 2.07. The molecule has 1 aliphatic heterocycles. The number of amides is 1. The summed E-state index contributed by atoms with van der Waals surface area (Å²) >= 11 is 0. The summed E-state index contributed by atoms with van der Waals surface area (Å²) in [5, 5.41) is 12.6. The number of carbonyl (C=O) groups is 1. The molecular formula is C15H12F3N3O3. The molecule has 126 valence electrons. The van der Waals surface area contributed by atoms with Gasteiger partial charge in [0.05, 0.1) is 4.92 Å². The van der Waals surface area contributed by atoms with Crippen molar-refractivity contribution in [2.75, 3.05) is 6.54 Å². The molecule has 24 heavy (non-hydrogen) atoms. The first kappa shape index (κ1) is 16.2. The van der Waals surface area contributed by atoms with Gasteiger partial charge in [-0.1, -0.05) is 12.1 Å². The molecule has 0 aromatic heterocycles. The van der Waals surface area contributed by atoms with Crippen molar-refractivity contribution in [1.29, 1.82) is 0 Å². The summed E-state index contributed by atoms with van der Waals surface area (Å²) in [5.41, 5.74) is 1.92. The molecule has 1 atom stereocenters. The fraction of sp³-hybridized carbons (Fsp3) is 0.267. The SMILES string of the molecule is O=C1CCN([C@@H](c2ccc3ccc([N+](=O)[O-])cc3c2)C(F)(F)F)N1. The molecular weight excluding hydrogens is 327 g/mol. The second kappa shape index (κ2) is 5.75. The number of hydrogen-bond acceptors (Lipinski definition) is 4. The van der Waals surface area contributed by atoms with Crippen LogP contribution in [0.25, 0.3) is 10.8 Å². The van der Waals surface area contributed by atoms with Crippen LogP contribution in [-0.4, -0.2) is 28.6 Å². The van der Waals surface area contributed by atoms with Crippen LogP contribution in [0.1, 0.15) is 18.0 Å². The lowest BCUT2D eigenvalue weighted by atomic mass is 10.0. The van der Waals surface area contributed by atoms with Crippen LogP contribution in [0.15, 0.2) is 36.4 Å². The number of non-ortho nitro benzene ring substituents is 1. The first-order chi connectivity index (χ1) is 11.3. The van der Waals surface area contributed by atoms with Gasteiger partial charge in [-0.2, -0.15) is 13.2 Å². The molecule has 2 aromatic carbocycles. The summed E-state index contributed by atoms with van der Waals surface area (Å²) in [4.78, 5) is 21.5. The number of nitrogens with one attached hydrogen (secondary N) is 1. The summed E-state index contributed by atoms with van der Waals surface area (Å²) in [5.74, 6) is -0.472. The highest BCUT2D eigenvalue weighted by Crippen LogP contribution is 2.39. The normalized spacial score (nSPS) is 17.0. The number of alkyl halides is 3. The Kier molecular flexibility index (Phi) is 3.88. The predicted octanol–water partition coefficient (Wildman–Crippen LogP) is 3.09. The van der Waals surface area contributed by atoms with E-state index in [1.165, 1.54) is 36.4 Å². The summed E-state index contributed by atoms with van der Waals surface area (Å²) in [6, 6.07) is 6.07. The van der Waals surface area contributed by atoms with E-state index in [1.807, 2.05) is 0 Å².